The molecule has 0 aliphatic heterocycles. The summed E-state index contributed by atoms with van der Waals surface area (Å²) in [6.45, 7) is 3.33. The van der Waals surface area contributed by atoms with Crippen LogP contribution in [-0.4, -0.2) is 51.9 Å². The van der Waals surface area contributed by atoms with Gasteiger partial charge in [-0.25, -0.2) is 8.42 Å². The number of amides is 2. The summed E-state index contributed by atoms with van der Waals surface area (Å²) in [7, 11) is -1.26. The van der Waals surface area contributed by atoms with Gasteiger partial charge in [0.2, 0.25) is 11.8 Å². The molecule has 0 aromatic heterocycles. The molecule has 2 amide bonds. The largest absolute Gasteiger partial charge is 0.495 e. The maximum absolute atomic E-state index is 14.4. The third-order valence-corrected chi connectivity index (χ3v) is 9.39. The highest BCUT2D eigenvalue weighted by Crippen LogP contribution is 2.32. The van der Waals surface area contributed by atoms with E-state index >= 15 is 0 Å². The van der Waals surface area contributed by atoms with E-state index < -0.39 is 28.5 Å². The van der Waals surface area contributed by atoms with Crippen LogP contribution in [0.4, 0.5) is 5.69 Å². The normalized spacial score (nSPS) is 11.8. The van der Waals surface area contributed by atoms with Crippen LogP contribution in [0.2, 0.25) is 5.02 Å². The molecule has 0 aliphatic rings. The molecule has 1 unspecified atom stereocenters. The molecule has 4 aromatic carbocycles. The van der Waals surface area contributed by atoms with Crippen molar-refractivity contribution >= 4 is 39.1 Å². The number of nitrogens with one attached hydrogen (secondary N) is 1. The Hall–Kier alpha value is -4.34. The topological polar surface area (TPSA) is 96.0 Å². The number of hydrogen-bond donors (Lipinski definition) is 1. The van der Waals surface area contributed by atoms with Gasteiger partial charge in [0, 0.05) is 20.0 Å². The van der Waals surface area contributed by atoms with E-state index in [1.165, 1.54) is 43.3 Å². The number of aryl methyl sites for hydroxylation is 2. The first-order valence-corrected chi connectivity index (χ1v) is 15.9. The zero-order chi connectivity index (χ0) is 31.9. The maximum Gasteiger partial charge on any atom is 0.264 e. The number of hydrogen-bond acceptors (Lipinski definition) is 5. The SMILES string of the molecule is CNC(=O)C(Cc1ccccc1)N(Cc1ccc(C)cc1)C(=O)CN(c1ccc(OC)c(Cl)c1)S(=O)(=O)c1ccc(C)cc1. The van der Waals surface area contributed by atoms with Crippen molar-refractivity contribution in [3.8, 4) is 5.75 Å². The van der Waals surface area contributed by atoms with Gasteiger partial charge in [-0.1, -0.05) is 89.5 Å². The summed E-state index contributed by atoms with van der Waals surface area (Å²) in [5, 5.41) is 2.87. The van der Waals surface area contributed by atoms with E-state index in [1.54, 1.807) is 18.2 Å². The number of benzene rings is 4. The number of carbonyl (C=O) groups is 2. The molecule has 0 bridgehead atoms. The molecule has 0 saturated carbocycles. The van der Waals surface area contributed by atoms with Crippen molar-refractivity contribution in [2.45, 2.75) is 37.8 Å². The number of ether oxygens (including phenoxy) is 1. The number of carbonyl (C=O) groups excluding carboxylic acids is 2. The van der Waals surface area contributed by atoms with E-state index in [2.05, 4.69) is 5.32 Å². The number of methoxy groups -OCH3 is 1. The zero-order valence-electron chi connectivity index (χ0n) is 25.2. The highest BCUT2D eigenvalue weighted by atomic mass is 35.5. The molecule has 230 valence electrons. The van der Waals surface area contributed by atoms with Gasteiger partial charge in [0.1, 0.15) is 18.3 Å². The Morgan fingerprint density at radius 1 is 0.864 bits per heavy atom. The number of anilines is 1. The summed E-state index contributed by atoms with van der Waals surface area (Å²) in [5.41, 5.74) is 3.77. The standard InChI is InChI=1S/C34H36ClN3O5S/c1-24-10-14-27(15-11-24)22-37(31(34(40)36-3)20-26-8-6-5-7-9-26)33(39)23-38(28-16-19-32(43-4)30(35)21-28)44(41,42)29-17-12-25(2)13-18-29/h5-19,21,31H,20,22-23H2,1-4H3,(H,36,40). The van der Waals surface area contributed by atoms with Gasteiger partial charge in [-0.15, -0.1) is 0 Å². The van der Waals surface area contributed by atoms with Gasteiger partial charge in [0.05, 0.1) is 22.7 Å². The minimum absolute atomic E-state index is 0.0139. The molecule has 0 heterocycles. The molecule has 0 radical (unpaired) electrons. The molecule has 0 saturated heterocycles. The quantitative estimate of drug-likeness (QED) is 0.221. The molecule has 1 N–H and O–H groups in total. The Morgan fingerprint density at radius 2 is 1.48 bits per heavy atom. The van der Waals surface area contributed by atoms with Gasteiger partial charge < -0.3 is 15.0 Å². The van der Waals surface area contributed by atoms with E-state index in [-0.39, 0.29) is 34.5 Å². The van der Waals surface area contributed by atoms with Crippen LogP contribution in [0.3, 0.4) is 0 Å². The van der Waals surface area contributed by atoms with E-state index in [9.17, 15) is 18.0 Å². The molecule has 0 spiro atoms. The highest BCUT2D eigenvalue weighted by molar-refractivity contribution is 7.92. The fraction of sp³-hybridized carbons (Fsp3) is 0.235. The van der Waals surface area contributed by atoms with Crippen LogP contribution >= 0.6 is 11.6 Å². The molecule has 44 heavy (non-hydrogen) atoms. The van der Waals surface area contributed by atoms with Gasteiger partial charge in [0.25, 0.3) is 10.0 Å². The molecular weight excluding hydrogens is 598 g/mol. The predicted molar refractivity (Wildman–Crippen MR) is 173 cm³/mol. The van der Waals surface area contributed by atoms with E-state index in [0.717, 1.165) is 26.6 Å². The second-order valence-electron chi connectivity index (χ2n) is 10.5. The summed E-state index contributed by atoms with van der Waals surface area (Å²) in [6.07, 6.45) is 0.233. The summed E-state index contributed by atoms with van der Waals surface area (Å²) >= 11 is 6.42. The van der Waals surface area contributed by atoms with Crippen LogP contribution in [-0.2, 0) is 32.6 Å². The molecule has 1 atom stereocenters. The van der Waals surface area contributed by atoms with Crippen molar-refractivity contribution < 1.29 is 22.7 Å². The van der Waals surface area contributed by atoms with Crippen molar-refractivity contribution in [1.29, 1.82) is 0 Å². The summed E-state index contributed by atoms with van der Waals surface area (Å²) in [6, 6.07) is 27.0. The van der Waals surface area contributed by atoms with Crippen LogP contribution in [0.25, 0.3) is 0 Å². The summed E-state index contributed by atoms with van der Waals surface area (Å²) in [4.78, 5) is 29.2. The molecule has 0 fully saturated rings. The molecule has 8 nitrogen and oxygen atoms in total. The lowest BCUT2D eigenvalue weighted by molar-refractivity contribution is -0.139. The summed E-state index contributed by atoms with van der Waals surface area (Å²) < 4.78 is 34.5. The molecule has 4 aromatic rings. The van der Waals surface area contributed by atoms with Gasteiger partial charge in [-0.2, -0.15) is 0 Å². The lowest BCUT2D eigenvalue weighted by Crippen LogP contribution is -2.53. The number of rotatable bonds is 12. The predicted octanol–water partition coefficient (Wildman–Crippen LogP) is 5.55. The Morgan fingerprint density at radius 3 is 2.05 bits per heavy atom. The van der Waals surface area contributed by atoms with E-state index in [1.807, 2.05) is 68.4 Å². The minimum atomic E-state index is -4.24. The first kappa shape index (κ1) is 32.6. The fourth-order valence-corrected chi connectivity index (χ4v) is 6.45. The van der Waals surface area contributed by atoms with Gasteiger partial charge >= 0.3 is 0 Å². The van der Waals surface area contributed by atoms with Crippen LogP contribution in [0, 0.1) is 13.8 Å². The molecular formula is C34H36ClN3O5S. The highest BCUT2D eigenvalue weighted by Gasteiger charge is 2.34. The van der Waals surface area contributed by atoms with Gasteiger partial charge in [0.15, 0.2) is 0 Å². The minimum Gasteiger partial charge on any atom is -0.495 e. The first-order chi connectivity index (χ1) is 21.0. The maximum atomic E-state index is 14.4. The van der Waals surface area contributed by atoms with Crippen LogP contribution in [0.15, 0.2) is 102 Å². The second kappa shape index (κ2) is 14.4. The van der Waals surface area contributed by atoms with Crippen molar-refractivity contribution in [3.63, 3.8) is 0 Å². The zero-order valence-corrected chi connectivity index (χ0v) is 26.7. The molecule has 10 heteroatoms. The monoisotopic (exact) mass is 633 g/mol. The van der Waals surface area contributed by atoms with Gasteiger partial charge in [-0.3, -0.25) is 13.9 Å². The number of nitrogens with zero attached hydrogens (tertiary/aromatic N) is 2. The Balaban J connectivity index is 1.80. The number of sulfonamides is 1. The fourth-order valence-electron chi connectivity index (χ4n) is 4.79. The second-order valence-corrected chi connectivity index (χ2v) is 12.7. The Labute approximate surface area is 264 Å². The van der Waals surface area contributed by atoms with Crippen molar-refractivity contribution in [3.05, 3.63) is 124 Å². The van der Waals surface area contributed by atoms with Crippen molar-refractivity contribution in [2.24, 2.45) is 0 Å². The third kappa shape index (κ3) is 7.78. The van der Waals surface area contributed by atoms with E-state index in [0.29, 0.717) is 5.75 Å². The lowest BCUT2D eigenvalue weighted by Gasteiger charge is -2.33. The molecule has 0 aliphatic carbocycles. The Kier molecular flexibility index (Phi) is 10.7. The first-order valence-electron chi connectivity index (χ1n) is 14.1. The summed E-state index contributed by atoms with van der Waals surface area (Å²) in [5.74, 6) is -0.564. The van der Waals surface area contributed by atoms with Crippen molar-refractivity contribution in [2.75, 3.05) is 25.0 Å². The van der Waals surface area contributed by atoms with Gasteiger partial charge in [-0.05, 0) is 55.3 Å². The van der Waals surface area contributed by atoms with Crippen molar-refractivity contribution in [1.82, 2.24) is 10.2 Å². The lowest BCUT2D eigenvalue weighted by atomic mass is 10.0. The average Bonchev–Trinajstić information content (AvgIpc) is 3.02. The van der Waals surface area contributed by atoms with Crippen LogP contribution in [0.1, 0.15) is 22.3 Å². The smallest absolute Gasteiger partial charge is 0.264 e. The van der Waals surface area contributed by atoms with Crippen LogP contribution in [0.5, 0.6) is 5.75 Å². The number of likely N-dealkylation sites (N-methyl/N-ethyl adjacent to an activating group) is 1. The Bertz CT molecular complexity index is 1700. The average molecular weight is 634 g/mol. The van der Waals surface area contributed by atoms with Crippen LogP contribution < -0.4 is 14.4 Å². The third-order valence-electron chi connectivity index (χ3n) is 7.30. The van der Waals surface area contributed by atoms with E-state index in [4.69, 9.17) is 16.3 Å². The number of halogens is 1. The molecule has 4 rings (SSSR count).